The van der Waals surface area contributed by atoms with Gasteiger partial charge in [-0.1, -0.05) is 53.7 Å². The van der Waals surface area contributed by atoms with E-state index >= 15 is 0 Å². The smallest absolute Gasteiger partial charge is 0.264 e. The molecule has 0 bridgehead atoms. The van der Waals surface area contributed by atoms with Gasteiger partial charge in [-0.2, -0.15) is 35.8 Å². The molecule has 2 aliphatic rings. The van der Waals surface area contributed by atoms with Crippen LogP contribution in [0.15, 0.2) is 224 Å². The van der Waals surface area contributed by atoms with Gasteiger partial charge in [-0.3, -0.25) is 14.8 Å². The fraction of sp³-hybridized carbons (Fsp3) is 0.306. The molecule has 0 unspecified atom stereocenters. The number of hydrogen-bond donors (Lipinski definition) is 12. The van der Waals surface area contributed by atoms with Gasteiger partial charge in [0.25, 0.3) is 5.56 Å². The largest absolute Gasteiger partial charge is 0.396 e. The molecule has 15 heterocycles. The first-order chi connectivity index (χ1) is 60.0. The summed E-state index contributed by atoms with van der Waals surface area (Å²) in [5, 5.41) is 50.4. The highest BCUT2D eigenvalue weighted by Gasteiger charge is 2.12. The van der Waals surface area contributed by atoms with E-state index in [1.54, 1.807) is 106 Å². The Labute approximate surface area is 730 Å². The van der Waals surface area contributed by atoms with Crippen molar-refractivity contribution in [3.05, 3.63) is 322 Å². The predicted molar refractivity (Wildman–Crippen MR) is 491 cm³/mol. The Morgan fingerprint density at radius 2 is 1.19 bits per heavy atom. The van der Waals surface area contributed by atoms with Crippen LogP contribution in [-0.2, 0) is 26.7 Å². The molecule has 0 radical (unpaired) electrons. The summed E-state index contributed by atoms with van der Waals surface area (Å²) >= 11 is 0. The van der Waals surface area contributed by atoms with Crippen molar-refractivity contribution in [3.63, 3.8) is 0 Å². The van der Waals surface area contributed by atoms with Gasteiger partial charge in [0.2, 0.25) is 0 Å². The zero-order valence-corrected chi connectivity index (χ0v) is 74.9. The fourth-order valence-corrected chi connectivity index (χ4v) is 8.83. The number of aromatic amines is 5. The Bertz CT molecular complexity index is 5060. The number of nitrogen functional groups attached to an aromatic ring is 3. The van der Waals surface area contributed by atoms with Crippen LogP contribution >= 0.6 is 0 Å². The van der Waals surface area contributed by atoms with Crippen LogP contribution in [0.2, 0.25) is 0 Å². The van der Waals surface area contributed by atoms with E-state index in [-0.39, 0.29) is 5.56 Å². The van der Waals surface area contributed by atoms with Crippen LogP contribution in [-0.4, -0.2) is 205 Å². The van der Waals surface area contributed by atoms with Crippen LogP contribution in [0.5, 0.6) is 0 Å². The second-order valence-corrected chi connectivity index (χ2v) is 26.9. The number of hydrogen-bond acceptors (Lipinski definition) is 34. The molecule has 2 aromatic carbocycles. The van der Waals surface area contributed by atoms with E-state index in [9.17, 15) is 4.79 Å². The van der Waals surface area contributed by atoms with Crippen LogP contribution in [0, 0.1) is 104 Å². The number of benzene rings is 2. The minimum absolute atomic E-state index is 0.157. The number of nitrogens with zero attached hydrogens (tertiary/aromatic N) is 27. The first-order valence-corrected chi connectivity index (χ1v) is 39.2. The summed E-state index contributed by atoms with van der Waals surface area (Å²) < 4.78 is 1.89. The predicted octanol–water partition coefficient (Wildman–Crippen LogP) is 8.67. The third-order valence-corrected chi connectivity index (χ3v) is 15.8. The topological polar surface area (TPSA) is 556 Å². The lowest BCUT2D eigenvalue weighted by molar-refractivity contribution is 0.534. The molecular weight excluding hydrogens is 1580 g/mol. The summed E-state index contributed by atoms with van der Waals surface area (Å²) in [5.74, 6) is 5.37. The van der Waals surface area contributed by atoms with E-state index in [1.165, 1.54) is 41.0 Å². The number of H-pyrrole nitrogens is 5. The van der Waals surface area contributed by atoms with Gasteiger partial charge < -0.3 is 68.2 Å². The third-order valence-electron chi connectivity index (χ3n) is 15.8. The van der Waals surface area contributed by atoms with E-state index < -0.39 is 0 Å². The molecule has 0 atom stereocenters. The van der Waals surface area contributed by atoms with E-state index in [0.29, 0.717) is 29.8 Å². The summed E-state index contributed by atoms with van der Waals surface area (Å²) in [6, 6.07) is 31.0. The molecule has 40 heteroatoms. The zero-order chi connectivity index (χ0) is 91.8. The minimum Gasteiger partial charge on any atom is -0.396 e. The van der Waals surface area contributed by atoms with Crippen molar-refractivity contribution in [1.29, 1.82) is 0 Å². The molecule has 662 valence electrons. The van der Waals surface area contributed by atoms with Crippen molar-refractivity contribution in [2.75, 3.05) is 69.4 Å². The Hall–Kier alpha value is -15.5. The molecule has 13 aromatic heterocycles. The lowest BCUT2D eigenvalue weighted by atomic mass is 10.1. The van der Waals surface area contributed by atoms with E-state index in [4.69, 9.17) is 22.9 Å². The highest BCUT2D eigenvalue weighted by molar-refractivity contribution is 5.81. The Morgan fingerprint density at radius 3 is 1.53 bits per heavy atom. The summed E-state index contributed by atoms with van der Waals surface area (Å²) in [7, 11) is 7.96. The molecule has 0 aliphatic carbocycles. The summed E-state index contributed by atoms with van der Waals surface area (Å²) in [5.41, 5.74) is 38.9. The van der Waals surface area contributed by atoms with Crippen molar-refractivity contribution in [3.8, 4) is 0 Å². The quantitative estimate of drug-likeness (QED) is 0.0740. The van der Waals surface area contributed by atoms with Gasteiger partial charge in [0.1, 0.15) is 36.4 Å². The zero-order valence-electron chi connectivity index (χ0n) is 74.9. The van der Waals surface area contributed by atoms with Gasteiger partial charge in [0.15, 0.2) is 23.7 Å². The van der Waals surface area contributed by atoms with Crippen molar-refractivity contribution in [2.45, 2.75) is 123 Å². The molecule has 17 rings (SSSR count). The van der Waals surface area contributed by atoms with Crippen LogP contribution in [0.3, 0.4) is 0 Å². The molecule has 125 heavy (non-hydrogen) atoms. The number of imidazole rings is 4. The summed E-state index contributed by atoms with van der Waals surface area (Å²) in [6.07, 6.45) is 30.6. The van der Waals surface area contributed by atoms with Crippen LogP contribution in [0.4, 0.5) is 23.1 Å². The van der Waals surface area contributed by atoms with Crippen LogP contribution in [0.25, 0.3) is 0 Å². The average Bonchev–Trinajstić information content (AvgIpc) is 1.82. The Kier molecular flexibility index (Phi) is 51.9. The van der Waals surface area contributed by atoms with E-state index in [2.05, 4.69) is 236 Å². The number of aryl methyl sites for hydroxylation is 16. The molecular formula is C85H121N39O. The first kappa shape index (κ1) is 104. The maximum atomic E-state index is 10.3. The molecule has 0 amide bonds. The maximum Gasteiger partial charge on any atom is 0.264 e. The molecule has 0 spiro atoms. The second-order valence-electron chi connectivity index (χ2n) is 26.9. The van der Waals surface area contributed by atoms with Gasteiger partial charge in [0.05, 0.1) is 84.2 Å². The number of aromatic nitrogens is 28. The second kappa shape index (κ2) is 62.6. The average molecular weight is 1710 g/mol. The van der Waals surface area contributed by atoms with Gasteiger partial charge in [-0.25, -0.2) is 64.9 Å². The number of likely N-dealkylation sites (N-methyl/N-ethyl adjacent to an activating group) is 1. The Balaban J connectivity index is 0.000000349. The minimum atomic E-state index is -0.157. The number of aliphatic imine (C=N–C) groups is 2. The first-order valence-electron chi connectivity index (χ1n) is 39.2. The molecule has 40 nitrogen and oxygen atoms in total. The van der Waals surface area contributed by atoms with Gasteiger partial charge in [0, 0.05) is 157 Å². The van der Waals surface area contributed by atoms with Gasteiger partial charge >= 0.3 is 0 Å². The normalized spacial score (nSPS) is 10.5. The molecule has 0 saturated carbocycles. The summed E-state index contributed by atoms with van der Waals surface area (Å²) in [4.78, 5) is 78.1. The fourth-order valence-electron chi connectivity index (χ4n) is 8.83. The molecule has 2 aliphatic heterocycles. The SMILES string of the molecule is Cc1ccc(=O)[nH]n1.Cc1ccc(N)nn1.Cc1ccccc1CNC1=NCCN1.Cc1ccccc1CNC1=NCCN1C.Cc1cccnn1.Cc1ccnc(C)n1.Cc1ccnnc1.Cc1cnc(N)[nH]1.Cc1cnc[nH]1.Cc1ncc[nH]1.Cc1ncncc1CN.Cc1ncncc1N.Cc1ncncc1N(C)C.Cc1nn[nH]n1.Cn1ccnc1. The lowest BCUT2D eigenvalue weighted by Gasteiger charge is -2.15. The van der Waals surface area contributed by atoms with Crippen molar-refractivity contribution >= 4 is 35.1 Å². The standard InChI is InChI=1S/C12H17N3.C11H15N3.C7H11N3.C6H9N3.C6H8N2.2C5H7N3.C5H6N2O.2C5H6N2.C4H7N3.3C4H6N2.C2H4N4/c1-10-5-3-4-6-11(10)9-14-12-13-7-8-15(12)2;1-9-4-2-3-5-10(9)8-14-11-12-6-7-13-11;1-6-7(10(2)3)4-8-5-9-6;1-5-6(2-7)3-8-4-9-5;1-5-3-4-7-6(2)8-5;1-4-5(6)2-7-3-8-4;1-4-2-3-5(6)8-7-4;1-4-2-3-5(8)7-6-4;1-5-2-3-6-7-4-5;1-5-3-2-4-6-7-5;1-3-2-6-4(5)7-3;1-4-2-5-3-6-4;1-6-3-2-5-4-6;1-4-5-2-3-6-4;1-2-3-5-6-4-2/h3-6H,7-9H2,1-2H3,(H,13,14);2-5H,6-8H2,1H3,(H2,12,13,14);4-5H,1-3H3;3-4H,2,7H2,1H3;3-4H,1-2H3;2-3H,6H2,1H3;2-3H,1H3,(H2,6,8);2-3H,1H3,(H,7,8);2*2-4H,1H3;2H,1H3,(H3,5,6,7);2-3H,1H3,(H,5,6);2-4H,1H3;2-3H,1H3,(H,5,6);1H3,(H,3,4,5,6). The van der Waals surface area contributed by atoms with Crippen molar-refractivity contribution < 1.29 is 0 Å². The highest BCUT2D eigenvalue weighted by atomic mass is 16.1. The van der Waals surface area contributed by atoms with Crippen molar-refractivity contribution in [1.82, 2.24) is 162 Å². The molecule has 16 N–H and O–H groups in total. The van der Waals surface area contributed by atoms with Crippen molar-refractivity contribution in [2.24, 2.45) is 22.8 Å². The number of rotatable bonds is 6. The van der Waals surface area contributed by atoms with Crippen LogP contribution in [0.1, 0.15) is 102 Å². The number of nitrogens with two attached hydrogens (primary N) is 4. The molecule has 0 saturated heterocycles. The lowest BCUT2D eigenvalue weighted by Crippen LogP contribution is -2.35. The Morgan fingerprint density at radius 1 is 0.512 bits per heavy atom. The third kappa shape index (κ3) is 50.9. The van der Waals surface area contributed by atoms with Gasteiger partial charge in [-0.15, -0.1) is 15.3 Å². The maximum absolute atomic E-state index is 10.3. The number of nitrogens with one attached hydrogen (secondary N) is 8. The van der Waals surface area contributed by atoms with Crippen LogP contribution < -0.4 is 49.3 Å². The summed E-state index contributed by atoms with van der Waals surface area (Å²) in [6.45, 7) is 35.0. The number of tetrazole rings is 1. The highest BCUT2D eigenvalue weighted by Crippen LogP contribution is 2.12. The molecule has 15 aromatic rings. The number of anilines is 4. The monoisotopic (exact) mass is 1700 g/mol. The van der Waals surface area contributed by atoms with E-state index in [1.807, 2.05) is 156 Å². The number of guanidine groups is 2. The van der Waals surface area contributed by atoms with Gasteiger partial charge in [-0.05, 0) is 174 Å². The van der Waals surface area contributed by atoms with E-state index in [0.717, 1.165) is 131 Å². The molecule has 0 fully saturated rings.